The summed E-state index contributed by atoms with van der Waals surface area (Å²) < 4.78 is 32.8. The van der Waals surface area contributed by atoms with E-state index in [9.17, 15) is 13.2 Å². The Balaban J connectivity index is 2.09. The first kappa shape index (κ1) is 20.4. The van der Waals surface area contributed by atoms with Gasteiger partial charge in [-0.15, -0.1) is 0 Å². The van der Waals surface area contributed by atoms with E-state index in [2.05, 4.69) is 4.72 Å². The molecule has 0 amide bonds. The standard InChI is InChI=1S/C19H22ClNO4S/c1-13(2)18(19(22)25-12-15-6-4-5-14(3)11-15)21-26(23,24)17-9-7-16(20)8-10-17/h4-11,13,18,21H,12H2,1-3H3. The largest absolute Gasteiger partial charge is 0.460 e. The van der Waals surface area contributed by atoms with E-state index >= 15 is 0 Å². The van der Waals surface area contributed by atoms with Gasteiger partial charge < -0.3 is 4.74 Å². The van der Waals surface area contributed by atoms with Crippen LogP contribution in [-0.2, 0) is 26.2 Å². The maximum Gasteiger partial charge on any atom is 0.324 e. The first-order valence-electron chi connectivity index (χ1n) is 8.19. The zero-order chi connectivity index (χ0) is 19.3. The molecular formula is C19H22ClNO4S. The fourth-order valence-corrected chi connectivity index (χ4v) is 3.81. The van der Waals surface area contributed by atoms with Crippen LogP contribution in [0.1, 0.15) is 25.0 Å². The summed E-state index contributed by atoms with van der Waals surface area (Å²) in [5, 5.41) is 0.432. The van der Waals surface area contributed by atoms with Crippen LogP contribution in [0.2, 0.25) is 5.02 Å². The number of nitrogens with one attached hydrogen (secondary N) is 1. The maximum absolute atomic E-state index is 12.5. The molecule has 0 aromatic heterocycles. The van der Waals surface area contributed by atoms with Crippen LogP contribution in [0, 0.1) is 12.8 Å². The number of sulfonamides is 1. The normalized spacial score (nSPS) is 12.8. The van der Waals surface area contributed by atoms with Gasteiger partial charge in [0.25, 0.3) is 0 Å². The average molecular weight is 396 g/mol. The van der Waals surface area contributed by atoms with Crippen LogP contribution < -0.4 is 4.72 Å². The summed E-state index contributed by atoms with van der Waals surface area (Å²) in [5.41, 5.74) is 1.91. The topological polar surface area (TPSA) is 72.5 Å². The summed E-state index contributed by atoms with van der Waals surface area (Å²) in [7, 11) is -3.87. The van der Waals surface area contributed by atoms with E-state index in [1.165, 1.54) is 24.3 Å². The molecule has 0 heterocycles. The van der Waals surface area contributed by atoms with Crippen molar-refractivity contribution in [3.63, 3.8) is 0 Å². The third-order valence-electron chi connectivity index (χ3n) is 3.79. The van der Waals surface area contributed by atoms with Crippen molar-refractivity contribution in [2.24, 2.45) is 5.92 Å². The highest BCUT2D eigenvalue weighted by atomic mass is 35.5. The van der Waals surface area contributed by atoms with E-state index in [0.29, 0.717) is 5.02 Å². The second-order valence-corrected chi connectivity index (χ2v) is 8.54. The third-order valence-corrected chi connectivity index (χ3v) is 5.50. The highest BCUT2D eigenvalue weighted by molar-refractivity contribution is 7.89. The highest BCUT2D eigenvalue weighted by Crippen LogP contribution is 2.16. The lowest BCUT2D eigenvalue weighted by Gasteiger charge is -2.21. The Morgan fingerprint density at radius 2 is 1.81 bits per heavy atom. The van der Waals surface area contributed by atoms with Crippen LogP contribution in [0.25, 0.3) is 0 Å². The Kier molecular flexibility index (Phi) is 6.81. The van der Waals surface area contributed by atoms with E-state index in [-0.39, 0.29) is 17.4 Å². The lowest BCUT2D eigenvalue weighted by atomic mass is 10.1. The summed E-state index contributed by atoms with van der Waals surface area (Å²) in [5.74, 6) is -0.888. The molecule has 2 aromatic rings. The van der Waals surface area contributed by atoms with Crippen LogP contribution in [0.15, 0.2) is 53.4 Å². The van der Waals surface area contributed by atoms with E-state index in [1.807, 2.05) is 31.2 Å². The molecule has 2 rings (SSSR count). The number of carbonyl (C=O) groups excluding carboxylic acids is 1. The molecule has 0 fully saturated rings. The molecule has 2 aromatic carbocycles. The predicted octanol–water partition coefficient (Wildman–Crippen LogP) is 3.69. The van der Waals surface area contributed by atoms with Crippen molar-refractivity contribution in [2.45, 2.75) is 38.3 Å². The Hall–Kier alpha value is -1.89. The lowest BCUT2D eigenvalue weighted by Crippen LogP contribution is -2.45. The number of hydrogen-bond donors (Lipinski definition) is 1. The molecule has 0 radical (unpaired) electrons. The van der Waals surface area contributed by atoms with Crippen molar-refractivity contribution in [2.75, 3.05) is 0 Å². The van der Waals surface area contributed by atoms with Gasteiger partial charge in [-0.25, -0.2) is 8.42 Å². The molecule has 0 aliphatic rings. The maximum atomic E-state index is 12.5. The quantitative estimate of drug-likeness (QED) is 0.725. The molecule has 7 heteroatoms. The summed E-state index contributed by atoms with van der Waals surface area (Å²) in [4.78, 5) is 12.5. The van der Waals surface area contributed by atoms with E-state index in [4.69, 9.17) is 16.3 Å². The number of benzene rings is 2. The van der Waals surface area contributed by atoms with Crippen LogP contribution in [-0.4, -0.2) is 20.4 Å². The van der Waals surface area contributed by atoms with Crippen molar-refractivity contribution in [1.29, 1.82) is 0 Å². The molecular weight excluding hydrogens is 374 g/mol. The molecule has 0 aliphatic carbocycles. The van der Waals surface area contributed by atoms with Gasteiger partial charge in [-0.05, 0) is 42.7 Å². The van der Waals surface area contributed by atoms with Gasteiger partial charge >= 0.3 is 5.97 Å². The third kappa shape index (κ3) is 5.56. The molecule has 1 atom stereocenters. The second kappa shape index (κ2) is 8.66. The van der Waals surface area contributed by atoms with Crippen molar-refractivity contribution >= 4 is 27.6 Å². The Morgan fingerprint density at radius 3 is 2.38 bits per heavy atom. The van der Waals surface area contributed by atoms with Crippen molar-refractivity contribution in [1.82, 2.24) is 4.72 Å². The van der Waals surface area contributed by atoms with Crippen LogP contribution >= 0.6 is 11.6 Å². The minimum absolute atomic E-state index is 0.0408. The zero-order valence-electron chi connectivity index (χ0n) is 14.9. The SMILES string of the molecule is Cc1cccc(COC(=O)C(NS(=O)(=O)c2ccc(Cl)cc2)C(C)C)c1. The molecule has 0 saturated heterocycles. The first-order valence-corrected chi connectivity index (χ1v) is 10.1. The van der Waals surface area contributed by atoms with Gasteiger partial charge in [0.2, 0.25) is 10.0 Å². The zero-order valence-corrected chi connectivity index (χ0v) is 16.5. The molecule has 1 N–H and O–H groups in total. The molecule has 1 unspecified atom stereocenters. The van der Waals surface area contributed by atoms with Gasteiger partial charge in [-0.2, -0.15) is 4.72 Å². The number of halogens is 1. The highest BCUT2D eigenvalue weighted by Gasteiger charge is 2.29. The van der Waals surface area contributed by atoms with Gasteiger partial charge in [0.05, 0.1) is 4.90 Å². The first-order chi connectivity index (χ1) is 12.2. The van der Waals surface area contributed by atoms with Gasteiger partial charge in [0.1, 0.15) is 12.6 Å². The van der Waals surface area contributed by atoms with Crippen molar-refractivity contribution < 1.29 is 17.9 Å². The van der Waals surface area contributed by atoms with E-state index < -0.39 is 22.0 Å². The summed E-state index contributed by atoms with van der Waals surface area (Å²) >= 11 is 5.79. The van der Waals surface area contributed by atoms with Crippen molar-refractivity contribution in [3.8, 4) is 0 Å². The van der Waals surface area contributed by atoms with Gasteiger partial charge in [0.15, 0.2) is 0 Å². The molecule has 0 bridgehead atoms. The van der Waals surface area contributed by atoms with E-state index in [1.54, 1.807) is 13.8 Å². The number of rotatable bonds is 7. The number of ether oxygens (including phenoxy) is 1. The fraction of sp³-hybridized carbons (Fsp3) is 0.316. The Labute approximate surface area is 159 Å². The molecule has 5 nitrogen and oxygen atoms in total. The number of carbonyl (C=O) groups is 1. The number of hydrogen-bond acceptors (Lipinski definition) is 4. The molecule has 0 aliphatic heterocycles. The van der Waals surface area contributed by atoms with Crippen LogP contribution in [0.5, 0.6) is 0 Å². The lowest BCUT2D eigenvalue weighted by molar-refractivity contribution is -0.148. The second-order valence-electron chi connectivity index (χ2n) is 6.39. The number of esters is 1. The molecule has 0 saturated carbocycles. The monoisotopic (exact) mass is 395 g/mol. The Morgan fingerprint density at radius 1 is 1.15 bits per heavy atom. The minimum Gasteiger partial charge on any atom is -0.460 e. The summed E-state index contributed by atoms with van der Waals surface area (Å²) in [6.45, 7) is 5.54. The smallest absolute Gasteiger partial charge is 0.324 e. The van der Waals surface area contributed by atoms with E-state index in [0.717, 1.165) is 11.1 Å². The predicted molar refractivity (Wildman–Crippen MR) is 101 cm³/mol. The van der Waals surface area contributed by atoms with Crippen molar-refractivity contribution in [3.05, 3.63) is 64.7 Å². The minimum atomic E-state index is -3.87. The molecule has 26 heavy (non-hydrogen) atoms. The number of aryl methyl sites for hydroxylation is 1. The van der Waals surface area contributed by atoms with Gasteiger partial charge in [-0.1, -0.05) is 55.3 Å². The fourth-order valence-electron chi connectivity index (χ4n) is 2.35. The van der Waals surface area contributed by atoms with Gasteiger partial charge in [0, 0.05) is 5.02 Å². The van der Waals surface area contributed by atoms with Gasteiger partial charge in [-0.3, -0.25) is 4.79 Å². The molecule has 0 spiro atoms. The molecule has 140 valence electrons. The average Bonchev–Trinajstić information content (AvgIpc) is 2.58. The summed E-state index contributed by atoms with van der Waals surface area (Å²) in [6, 6.07) is 12.3. The Bertz CT molecular complexity index is 863. The summed E-state index contributed by atoms with van der Waals surface area (Å²) in [6.07, 6.45) is 0. The van der Waals surface area contributed by atoms with Crippen LogP contribution in [0.3, 0.4) is 0 Å². The van der Waals surface area contributed by atoms with Crippen LogP contribution in [0.4, 0.5) is 0 Å².